The lowest BCUT2D eigenvalue weighted by Crippen LogP contribution is -2.36. The maximum Gasteiger partial charge on any atom is 0.242 e. The fraction of sp³-hybridized carbons (Fsp3) is 0.529. The second-order valence-electron chi connectivity index (χ2n) is 6.36. The Kier molecular flexibility index (Phi) is 10.0. The number of likely N-dealkylation sites (tertiary alicyclic amines) is 1. The van der Waals surface area contributed by atoms with Crippen molar-refractivity contribution in [3.8, 4) is 6.19 Å². The summed E-state index contributed by atoms with van der Waals surface area (Å²) in [4.78, 5) is 11.3. The highest BCUT2D eigenvalue weighted by Gasteiger charge is 2.28. The van der Waals surface area contributed by atoms with E-state index in [4.69, 9.17) is 16.9 Å². The molecule has 150 valence electrons. The molecule has 0 aromatic heterocycles. The van der Waals surface area contributed by atoms with Crippen molar-refractivity contribution in [2.45, 2.75) is 44.0 Å². The minimum absolute atomic E-state index is 0.0297. The number of nitrogens with zero attached hydrogens (tertiary/aromatic N) is 2. The first kappa shape index (κ1) is 23.6. The van der Waals surface area contributed by atoms with Crippen molar-refractivity contribution >= 4 is 43.0 Å². The highest BCUT2D eigenvalue weighted by Crippen LogP contribution is 2.26. The Balaban J connectivity index is 0.000000445. The molecule has 3 atom stereocenters. The summed E-state index contributed by atoms with van der Waals surface area (Å²) >= 11 is 5.96. The van der Waals surface area contributed by atoms with Gasteiger partial charge in [-0.15, -0.1) is 0 Å². The van der Waals surface area contributed by atoms with Crippen molar-refractivity contribution < 1.29 is 13.2 Å². The highest BCUT2D eigenvalue weighted by atomic mass is 35.5. The van der Waals surface area contributed by atoms with E-state index >= 15 is 0 Å². The number of benzene rings is 1. The smallest absolute Gasteiger partial charge is 0.242 e. The summed E-state index contributed by atoms with van der Waals surface area (Å²) in [5, 5.41) is 11.7. The number of carbonyl (C=O) groups is 1. The molecule has 0 radical (unpaired) electrons. The summed E-state index contributed by atoms with van der Waals surface area (Å²) in [6.45, 7) is 5.11. The van der Waals surface area contributed by atoms with Gasteiger partial charge in [0.1, 0.15) is 11.2 Å². The summed E-state index contributed by atoms with van der Waals surface area (Å²) < 4.78 is 27.3. The zero-order valence-corrected chi connectivity index (χ0v) is 18.2. The fourth-order valence-corrected chi connectivity index (χ4v) is 4.33. The van der Waals surface area contributed by atoms with Crippen LogP contribution in [-0.4, -0.2) is 38.7 Å². The monoisotopic (exact) mass is 432 g/mol. The first-order valence-electron chi connectivity index (χ1n) is 8.64. The van der Waals surface area contributed by atoms with Crippen LogP contribution in [0.25, 0.3) is 0 Å². The summed E-state index contributed by atoms with van der Waals surface area (Å²) in [5.41, 5.74) is 0.629. The number of hydrogen-bond acceptors (Lipinski definition) is 6. The predicted octanol–water partition coefficient (Wildman–Crippen LogP) is 3.00. The van der Waals surface area contributed by atoms with Gasteiger partial charge in [-0.05, 0) is 39.9 Å². The molecule has 10 heteroatoms. The Morgan fingerprint density at radius 2 is 2.22 bits per heavy atom. The third-order valence-electron chi connectivity index (χ3n) is 4.23. The third-order valence-corrected chi connectivity index (χ3v) is 6.57. The zero-order valence-electron chi connectivity index (χ0n) is 15.5. The van der Waals surface area contributed by atoms with Gasteiger partial charge in [0.2, 0.25) is 10.0 Å². The van der Waals surface area contributed by atoms with E-state index < -0.39 is 10.0 Å². The van der Waals surface area contributed by atoms with Crippen LogP contribution in [0.1, 0.15) is 33.1 Å². The zero-order chi connectivity index (χ0) is 20.4. The number of aldehydes is 1. The number of rotatable bonds is 7. The van der Waals surface area contributed by atoms with Crippen molar-refractivity contribution in [3.05, 3.63) is 23.2 Å². The van der Waals surface area contributed by atoms with Crippen LogP contribution < -0.4 is 9.81 Å². The standard InChI is InChI=1S/C11H14ClN4O2PS.C6H12O/c12-10-2-1-8(14-19)5-11(10)20(17,18)15-9-3-4-16(6-9)7-13;1-3-6(2)4-5-7/h1-2,5,9,14-15H,3-4,6,19H2;5-6H,3-4H2,1-2H3. The molecule has 7 nitrogen and oxygen atoms in total. The molecule has 2 rings (SSSR count). The lowest BCUT2D eigenvalue weighted by Gasteiger charge is -2.14. The van der Waals surface area contributed by atoms with Gasteiger partial charge in [0.25, 0.3) is 0 Å². The van der Waals surface area contributed by atoms with E-state index in [1.54, 1.807) is 6.07 Å². The molecule has 0 bridgehead atoms. The van der Waals surface area contributed by atoms with Gasteiger partial charge in [-0.25, -0.2) is 13.1 Å². The number of anilines is 1. The maximum absolute atomic E-state index is 12.3. The van der Waals surface area contributed by atoms with Crippen molar-refractivity contribution in [2.24, 2.45) is 5.92 Å². The topological polar surface area (TPSA) is 102 Å². The average molecular weight is 433 g/mol. The number of nitrogens with one attached hydrogen (secondary N) is 2. The number of hydrogen-bond donors (Lipinski definition) is 2. The summed E-state index contributed by atoms with van der Waals surface area (Å²) in [7, 11) is -1.41. The Morgan fingerprint density at radius 3 is 2.70 bits per heavy atom. The predicted molar refractivity (Wildman–Crippen MR) is 111 cm³/mol. The molecular weight excluding hydrogens is 407 g/mol. The minimum Gasteiger partial charge on any atom is -0.369 e. The summed E-state index contributed by atoms with van der Waals surface area (Å²) in [6.07, 6.45) is 5.42. The second kappa shape index (κ2) is 11.5. The van der Waals surface area contributed by atoms with Crippen LogP contribution in [0.5, 0.6) is 0 Å². The van der Waals surface area contributed by atoms with Crippen molar-refractivity contribution in [1.82, 2.24) is 9.62 Å². The van der Waals surface area contributed by atoms with Gasteiger partial charge in [0, 0.05) is 31.2 Å². The second-order valence-corrected chi connectivity index (χ2v) is 8.74. The molecule has 1 aliphatic heterocycles. The molecule has 1 aliphatic rings. The molecule has 1 aromatic carbocycles. The van der Waals surface area contributed by atoms with Crippen LogP contribution in [0.2, 0.25) is 5.02 Å². The van der Waals surface area contributed by atoms with Crippen molar-refractivity contribution in [3.63, 3.8) is 0 Å². The van der Waals surface area contributed by atoms with Crippen LogP contribution in [-0.2, 0) is 14.8 Å². The van der Waals surface area contributed by atoms with Crippen LogP contribution >= 0.6 is 21.0 Å². The van der Waals surface area contributed by atoms with Gasteiger partial charge >= 0.3 is 0 Å². The molecule has 2 N–H and O–H groups in total. The van der Waals surface area contributed by atoms with Crippen molar-refractivity contribution in [1.29, 1.82) is 5.26 Å². The molecule has 1 heterocycles. The van der Waals surface area contributed by atoms with E-state index in [9.17, 15) is 13.2 Å². The van der Waals surface area contributed by atoms with Gasteiger partial charge in [-0.1, -0.05) is 31.9 Å². The quantitative estimate of drug-likeness (QED) is 0.390. The maximum atomic E-state index is 12.3. The first-order chi connectivity index (χ1) is 12.8. The van der Waals surface area contributed by atoms with Crippen LogP contribution in [0.3, 0.4) is 0 Å². The van der Waals surface area contributed by atoms with E-state index in [1.807, 2.05) is 6.19 Å². The first-order valence-corrected chi connectivity index (χ1v) is 11.1. The average Bonchev–Trinajstić information content (AvgIpc) is 3.09. The van der Waals surface area contributed by atoms with Crippen LogP contribution in [0, 0.1) is 17.4 Å². The summed E-state index contributed by atoms with van der Waals surface area (Å²) in [5.74, 6) is 0.581. The number of nitriles is 1. The Bertz CT molecular complexity index is 770. The van der Waals surface area contributed by atoms with Gasteiger partial charge in [0.05, 0.1) is 5.02 Å². The molecule has 0 aliphatic carbocycles. The van der Waals surface area contributed by atoms with E-state index in [2.05, 4.69) is 33.0 Å². The SMILES string of the molecule is CCC(C)CC=O.N#CN1CCC(NS(=O)(=O)c2cc(NP)ccc2Cl)C1. The molecule has 3 unspecified atom stereocenters. The van der Waals surface area contributed by atoms with Gasteiger partial charge < -0.3 is 14.8 Å². The van der Waals surface area contributed by atoms with E-state index in [0.717, 1.165) is 19.1 Å². The van der Waals surface area contributed by atoms with Crippen LogP contribution in [0.15, 0.2) is 23.1 Å². The molecule has 1 saturated heterocycles. The number of carbonyl (C=O) groups excluding carboxylic acids is 1. The lowest BCUT2D eigenvalue weighted by atomic mass is 10.1. The Morgan fingerprint density at radius 1 is 1.52 bits per heavy atom. The van der Waals surface area contributed by atoms with Crippen LogP contribution in [0.4, 0.5) is 5.69 Å². The molecule has 0 spiro atoms. The number of sulfonamides is 1. The molecule has 27 heavy (non-hydrogen) atoms. The van der Waals surface area contributed by atoms with Gasteiger partial charge in [-0.3, -0.25) is 0 Å². The van der Waals surface area contributed by atoms with E-state index in [0.29, 0.717) is 31.1 Å². The molecule has 1 fully saturated rings. The largest absolute Gasteiger partial charge is 0.369 e. The Hall–Kier alpha value is -1.39. The van der Waals surface area contributed by atoms with Crippen molar-refractivity contribution in [2.75, 3.05) is 18.2 Å². The molecule has 0 amide bonds. The molecule has 1 aromatic rings. The molecular formula is C17H26ClN4O3PS. The Labute approximate surface area is 168 Å². The summed E-state index contributed by atoms with van der Waals surface area (Å²) in [6, 6.07) is 4.40. The lowest BCUT2D eigenvalue weighted by molar-refractivity contribution is -0.108. The number of halogens is 1. The van der Waals surface area contributed by atoms with E-state index in [-0.39, 0.29) is 16.0 Å². The van der Waals surface area contributed by atoms with Gasteiger partial charge in [0.15, 0.2) is 6.19 Å². The molecule has 0 saturated carbocycles. The fourth-order valence-electron chi connectivity index (χ4n) is 2.36. The van der Waals surface area contributed by atoms with Gasteiger partial charge in [-0.2, -0.15) is 5.26 Å². The van der Waals surface area contributed by atoms with E-state index in [1.165, 1.54) is 17.0 Å². The highest BCUT2D eigenvalue weighted by molar-refractivity contribution is 7.89. The third kappa shape index (κ3) is 7.63. The minimum atomic E-state index is -3.71. The normalized spacial score (nSPS) is 17.4.